The van der Waals surface area contributed by atoms with Crippen LogP contribution in [0.15, 0.2) is 24.3 Å². The number of hydrogen-bond acceptors (Lipinski definition) is 5. The van der Waals surface area contributed by atoms with Crippen molar-refractivity contribution in [3.63, 3.8) is 0 Å². The van der Waals surface area contributed by atoms with Gasteiger partial charge in [0.15, 0.2) is 0 Å². The highest BCUT2D eigenvalue weighted by Gasteiger charge is 2.46. The van der Waals surface area contributed by atoms with Crippen LogP contribution in [0.1, 0.15) is 26.2 Å². The van der Waals surface area contributed by atoms with Crippen molar-refractivity contribution in [2.24, 2.45) is 0 Å². The van der Waals surface area contributed by atoms with Crippen molar-refractivity contribution >= 4 is 6.09 Å². The second-order valence-corrected chi connectivity index (χ2v) is 6.96. The van der Waals surface area contributed by atoms with Gasteiger partial charge in [-0.25, -0.2) is 4.79 Å². The highest BCUT2D eigenvalue weighted by atomic mass is 16.6. The Balaban J connectivity index is 1.43. The molecule has 1 spiro atoms. The van der Waals surface area contributed by atoms with Crippen molar-refractivity contribution in [2.75, 3.05) is 46.4 Å². The van der Waals surface area contributed by atoms with Crippen LogP contribution in [-0.4, -0.2) is 67.9 Å². The third-order valence-corrected chi connectivity index (χ3v) is 4.73. The number of piperidine rings is 1. The van der Waals surface area contributed by atoms with Crippen LogP contribution in [-0.2, 0) is 4.74 Å². The molecule has 6 nitrogen and oxygen atoms in total. The van der Waals surface area contributed by atoms with Gasteiger partial charge in [-0.2, -0.15) is 0 Å². The van der Waals surface area contributed by atoms with Gasteiger partial charge in [0, 0.05) is 20.1 Å². The number of ether oxygens (including phenoxy) is 3. The predicted octanol–water partition coefficient (Wildman–Crippen LogP) is 2.77. The Morgan fingerprint density at radius 1 is 1.12 bits per heavy atom. The second kappa shape index (κ2) is 7.95. The van der Waals surface area contributed by atoms with E-state index in [1.165, 1.54) is 0 Å². The maximum atomic E-state index is 11.7. The van der Waals surface area contributed by atoms with Gasteiger partial charge in [-0.15, -0.1) is 0 Å². The molecule has 1 aromatic rings. The van der Waals surface area contributed by atoms with Crippen LogP contribution in [0.4, 0.5) is 4.79 Å². The molecule has 0 N–H and O–H groups in total. The lowest BCUT2D eigenvalue weighted by molar-refractivity contribution is -0.0116. The molecule has 0 saturated carbocycles. The van der Waals surface area contributed by atoms with Crippen LogP contribution in [0.5, 0.6) is 11.5 Å². The van der Waals surface area contributed by atoms with E-state index in [4.69, 9.17) is 14.2 Å². The van der Waals surface area contributed by atoms with Gasteiger partial charge in [0.05, 0.1) is 13.2 Å². The van der Waals surface area contributed by atoms with Crippen LogP contribution in [0.2, 0.25) is 0 Å². The van der Waals surface area contributed by atoms with Gasteiger partial charge in [-0.3, -0.25) is 4.90 Å². The minimum absolute atomic E-state index is 0.205. The SMILES string of the molecule is CCCOc1ccc(OCCN2CCC[C@]3(C2)CN(C)C(=O)O3)cc1. The average molecular weight is 348 g/mol. The quantitative estimate of drug-likeness (QED) is 0.758. The first-order chi connectivity index (χ1) is 12.1. The molecule has 0 unspecified atom stereocenters. The molecular weight excluding hydrogens is 320 g/mol. The summed E-state index contributed by atoms with van der Waals surface area (Å²) in [7, 11) is 1.80. The third-order valence-electron chi connectivity index (χ3n) is 4.73. The van der Waals surface area contributed by atoms with Crippen LogP contribution in [0, 0.1) is 0 Å². The van der Waals surface area contributed by atoms with Crippen LogP contribution < -0.4 is 9.47 Å². The molecule has 0 aromatic heterocycles. The molecule has 2 fully saturated rings. The zero-order valence-electron chi connectivity index (χ0n) is 15.2. The topological polar surface area (TPSA) is 51.2 Å². The van der Waals surface area contributed by atoms with Gasteiger partial charge in [-0.05, 0) is 50.1 Å². The number of carbonyl (C=O) groups excluding carboxylic acids is 1. The summed E-state index contributed by atoms with van der Waals surface area (Å²) in [5, 5.41) is 0. The van der Waals surface area contributed by atoms with E-state index in [1.54, 1.807) is 11.9 Å². The molecule has 0 radical (unpaired) electrons. The molecule has 3 rings (SSSR count). The lowest BCUT2D eigenvalue weighted by Gasteiger charge is -2.38. The molecule has 138 valence electrons. The number of likely N-dealkylation sites (N-methyl/N-ethyl adjacent to an activating group) is 1. The molecular formula is C19H28N2O4. The molecule has 25 heavy (non-hydrogen) atoms. The smallest absolute Gasteiger partial charge is 0.410 e. The summed E-state index contributed by atoms with van der Waals surface area (Å²) in [5.74, 6) is 1.72. The number of amides is 1. The zero-order chi connectivity index (χ0) is 17.7. The van der Waals surface area contributed by atoms with E-state index in [1.807, 2.05) is 24.3 Å². The highest BCUT2D eigenvalue weighted by molar-refractivity contribution is 5.70. The van der Waals surface area contributed by atoms with E-state index in [2.05, 4.69) is 11.8 Å². The van der Waals surface area contributed by atoms with E-state index in [0.717, 1.165) is 57.0 Å². The molecule has 0 bridgehead atoms. The molecule has 1 atom stereocenters. The molecule has 6 heteroatoms. The van der Waals surface area contributed by atoms with Gasteiger partial charge in [-0.1, -0.05) is 6.92 Å². The van der Waals surface area contributed by atoms with Crippen molar-refractivity contribution in [1.29, 1.82) is 0 Å². The first-order valence-corrected chi connectivity index (χ1v) is 9.12. The Morgan fingerprint density at radius 2 is 1.80 bits per heavy atom. The fraction of sp³-hybridized carbons (Fsp3) is 0.632. The third kappa shape index (κ3) is 4.57. The number of benzene rings is 1. The number of rotatable bonds is 7. The van der Waals surface area contributed by atoms with Gasteiger partial charge in [0.25, 0.3) is 0 Å². The normalized spacial score (nSPS) is 23.8. The van der Waals surface area contributed by atoms with Crippen molar-refractivity contribution in [1.82, 2.24) is 9.80 Å². The lowest BCUT2D eigenvalue weighted by Crippen LogP contribution is -2.51. The monoisotopic (exact) mass is 348 g/mol. The molecule has 2 aliphatic rings. The largest absolute Gasteiger partial charge is 0.494 e. The van der Waals surface area contributed by atoms with Crippen molar-refractivity contribution in [2.45, 2.75) is 31.8 Å². The summed E-state index contributed by atoms with van der Waals surface area (Å²) in [6.45, 7) is 6.77. The van der Waals surface area contributed by atoms with Crippen molar-refractivity contribution < 1.29 is 19.0 Å². The summed E-state index contributed by atoms with van der Waals surface area (Å²) < 4.78 is 17.1. The first-order valence-electron chi connectivity index (χ1n) is 9.12. The maximum Gasteiger partial charge on any atom is 0.410 e. The Bertz CT molecular complexity index is 577. The van der Waals surface area contributed by atoms with Crippen LogP contribution in [0.3, 0.4) is 0 Å². The van der Waals surface area contributed by atoms with Gasteiger partial charge in [0.2, 0.25) is 0 Å². The molecule has 2 heterocycles. The summed E-state index contributed by atoms with van der Waals surface area (Å²) in [6.07, 6.45) is 2.79. The summed E-state index contributed by atoms with van der Waals surface area (Å²) >= 11 is 0. The number of hydrogen-bond donors (Lipinski definition) is 0. The summed E-state index contributed by atoms with van der Waals surface area (Å²) in [6, 6.07) is 7.76. The minimum Gasteiger partial charge on any atom is -0.494 e. The highest BCUT2D eigenvalue weighted by Crippen LogP contribution is 2.31. The van der Waals surface area contributed by atoms with E-state index >= 15 is 0 Å². The van der Waals surface area contributed by atoms with E-state index < -0.39 is 0 Å². The molecule has 0 aliphatic carbocycles. The maximum absolute atomic E-state index is 11.7. The van der Waals surface area contributed by atoms with Gasteiger partial charge < -0.3 is 19.1 Å². The van der Waals surface area contributed by atoms with Crippen LogP contribution >= 0.6 is 0 Å². The number of likely N-dealkylation sites (tertiary alicyclic amines) is 1. The summed E-state index contributed by atoms with van der Waals surface area (Å²) in [5.41, 5.74) is -0.331. The standard InChI is InChI=1S/C19H28N2O4/c1-3-12-23-16-5-7-17(8-6-16)24-13-11-21-10-4-9-19(15-21)14-20(2)18(22)25-19/h5-8H,3-4,9-15H2,1-2H3/t19-/m1/s1. The Hall–Kier alpha value is -1.95. The predicted molar refractivity (Wildman–Crippen MR) is 95.2 cm³/mol. The van der Waals surface area contributed by atoms with Crippen molar-refractivity contribution in [3.8, 4) is 11.5 Å². The minimum atomic E-state index is -0.331. The average Bonchev–Trinajstić information content (AvgIpc) is 2.87. The van der Waals surface area contributed by atoms with Gasteiger partial charge >= 0.3 is 6.09 Å². The Labute approximate surface area is 149 Å². The number of nitrogens with zero attached hydrogens (tertiary/aromatic N) is 2. The Morgan fingerprint density at radius 3 is 2.40 bits per heavy atom. The van der Waals surface area contributed by atoms with Crippen LogP contribution in [0.25, 0.3) is 0 Å². The van der Waals surface area contributed by atoms with E-state index in [9.17, 15) is 4.79 Å². The second-order valence-electron chi connectivity index (χ2n) is 6.96. The fourth-order valence-corrected chi connectivity index (χ4v) is 3.53. The zero-order valence-corrected chi connectivity index (χ0v) is 15.2. The fourth-order valence-electron chi connectivity index (χ4n) is 3.53. The number of carbonyl (C=O) groups is 1. The molecule has 1 aromatic carbocycles. The van der Waals surface area contributed by atoms with E-state index in [0.29, 0.717) is 13.2 Å². The first kappa shape index (κ1) is 17.9. The Kier molecular flexibility index (Phi) is 5.68. The lowest BCUT2D eigenvalue weighted by atomic mass is 9.93. The summed E-state index contributed by atoms with van der Waals surface area (Å²) in [4.78, 5) is 15.7. The molecule has 2 aliphatic heterocycles. The molecule has 2 saturated heterocycles. The van der Waals surface area contributed by atoms with Gasteiger partial charge in [0.1, 0.15) is 23.7 Å². The molecule has 1 amide bonds. The van der Waals surface area contributed by atoms with E-state index in [-0.39, 0.29) is 11.7 Å². The van der Waals surface area contributed by atoms with Crippen molar-refractivity contribution in [3.05, 3.63) is 24.3 Å².